The Morgan fingerprint density at radius 1 is 1.11 bits per heavy atom. The number of benzene rings is 1. The second kappa shape index (κ2) is 9.98. The summed E-state index contributed by atoms with van der Waals surface area (Å²) < 4.78 is 1.17. The van der Waals surface area contributed by atoms with E-state index in [-0.39, 0.29) is 0 Å². The number of thioether (sulfide) groups is 1. The normalized spacial score (nSPS) is 26.0. The molecule has 3 aromatic rings. The lowest BCUT2D eigenvalue weighted by Crippen LogP contribution is -2.51. The van der Waals surface area contributed by atoms with Crippen molar-refractivity contribution < 1.29 is 0 Å². The highest BCUT2D eigenvalue weighted by Gasteiger charge is 2.36. The van der Waals surface area contributed by atoms with Gasteiger partial charge in [0.25, 0.3) is 0 Å². The minimum absolute atomic E-state index is 0.374. The van der Waals surface area contributed by atoms with Crippen molar-refractivity contribution >= 4 is 44.0 Å². The maximum absolute atomic E-state index is 9.66. The van der Waals surface area contributed by atoms with Crippen LogP contribution >= 0.6 is 23.1 Å². The van der Waals surface area contributed by atoms with E-state index in [9.17, 15) is 5.26 Å². The maximum Gasteiger partial charge on any atom is 0.190 e. The van der Waals surface area contributed by atoms with Crippen molar-refractivity contribution in [1.29, 1.82) is 5.26 Å². The molecular formula is C29H35N7S2. The third-order valence-electron chi connectivity index (χ3n) is 9.01. The lowest BCUT2D eigenvalue weighted by atomic mass is 9.82. The number of nitriles is 1. The number of piperazine rings is 1. The number of nitrogens with one attached hydrogen (secondary N) is 1. The number of aromatic nitrogens is 2. The van der Waals surface area contributed by atoms with Crippen LogP contribution in [0.15, 0.2) is 23.4 Å². The van der Waals surface area contributed by atoms with Gasteiger partial charge in [-0.15, -0.1) is 11.3 Å². The van der Waals surface area contributed by atoms with Crippen molar-refractivity contribution in [2.24, 2.45) is 0 Å². The molecule has 7 nitrogen and oxygen atoms in total. The number of thiophene rings is 1. The van der Waals surface area contributed by atoms with Crippen LogP contribution < -0.4 is 16.0 Å². The molecule has 5 heterocycles. The number of rotatable bonds is 4. The predicted molar refractivity (Wildman–Crippen MR) is 156 cm³/mol. The maximum atomic E-state index is 9.66. The van der Waals surface area contributed by atoms with Crippen molar-refractivity contribution in [3.05, 3.63) is 40.6 Å². The molecule has 3 unspecified atom stereocenters. The van der Waals surface area contributed by atoms with Gasteiger partial charge in [0.2, 0.25) is 0 Å². The van der Waals surface area contributed by atoms with Crippen LogP contribution in [0.5, 0.6) is 0 Å². The quantitative estimate of drug-likeness (QED) is 0.462. The highest BCUT2D eigenvalue weighted by atomic mass is 32.2. The molecule has 38 heavy (non-hydrogen) atoms. The number of nitrogens with two attached hydrogens (primary N) is 1. The summed E-state index contributed by atoms with van der Waals surface area (Å²) in [5.41, 5.74) is 10.8. The van der Waals surface area contributed by atoms with E-state index in [1.54, 1.807) is 11.3 Å². The Morgan fingerprint density at radius 2 is 1.89 bits per heavy atom. The van der Waals surface area contributed by atoms with Crippen molar-refractivity contribution in [2.45, 2.75) is 73.4 Å². The predicted octanol–water partition coefficient (Wildman–Crippen LogP) is 4.54. The first-order chi connectivity index (χ1) is 18.6. The number of nitrogen functional groups attached to an aromatic ring is 1. The molecule has 0 radical (unpaired) electrons. The van der Waals surface area contributed by atoms with Gasteiger partial charge in [-0.05, 0) is 76.6 Å². The van der Waals surface area contributed by atoms with E-state index in [0.29, 0.717) is 33.8 Å². The first-order valence-electron chi connectivity index (χ1n) is 14.0. The minimum atomic E-state index is 0.374. The minimum Gasteiger partial charge on any atom is -0.389 e. The molecule has 1 aliphatic carbocycles. The fourth-order valence-electron chi connectivity index (χ4n) is 6.97. The largest absolute Gasteiger partial charge is 0.389 e. The highest BCUT2D eigenvalue weighted by Crippen LogP contribution is 2.43. The van der Waals surface area contributed by atoms with Gasteiger partial charge >= 0.3 is 0 Å². The summed E-state index contributed by atoms with van der Waals surface area (Å²) in [5, 5.41) is 16.6. The molecule has 3 N–H and O–H groups in total. The van der Waals surface area contributed by atoms with Crippen LogP contribution in [-0.2, 0) is 12.8 Å². The van der Waals surface area contributed by atoms with Gasteiger partial charge in [-0.3, -0.25) is 0 Å². The summed E-state index contributed by atoms with van der Waals surface area (Å²) in [5.74, 6) is 1.58. The molecule has 9 heteroatoms. The molecule has 3 fully saturated rings. The third kappa shape index (κ3) is 4.45. The van der Waals surface area contributed by atoms with E-state index in [1.165, 1.54) is 53.0 Å². The van der Waals surface area contributed by atoms with Crippen molar-refractivity contribution in [3.8, 4) is 6.07 Å². The SMILES string of the molecule is CN1CCC(Sc2nc3c(c(N4CC5CCC(C4)N5)n2)CCC(c2cccc4c(C#N)c(N)sc24)C3)CC1. The molecule has 1 aromatic carbocycles. The van der Waals surface area contributed by atoms with E-state index in [4.69, 9.17) is 15.7 Å². The summed E-state index contributed by atoms with van der Waals surface area (Å²) in [7, 11) is 2.22. The van der Waals surface area contributed by atoms with Crippen LogP contribution in [0, 0.1) is 11.3 Å². The number of anilines is 2. The first-order valence-corrected chi connectivity index (χ1v) is 15.7. The van der Waals surface area contributed by atoms with Crippen LogP contribution in [0.4, 0.5) is 10.8 Å². The van der Waals surface area contributed by atoms with Gasteiger partial charge in [-0.1, -0.05) is 30.0 Å². The van der Waals surface area contributed by atoms with Gasteiger partial charge in [0.05, 0.1) is 11.3 Å². The molecule has 0 amide bonds. The van der Waals surface area contributed by atoms with E-state index >= 15 is 0 Å². The van der Waals surface area contributed by atoms with Gasteiger partial charge in [0.15, 0.2) is 5.16 Å². The van der Waals surface area contributed by atoms with E-state index in [2.05, 4.69) is 40.4 Å². The summed E-state index contributed by atoms with van der Waals surface area (Å²) in [6.45, 7) is 4.40. The molecule has 3 aliphatic heterocycles. The van der Waals surface area contributed by atoms with Crippen LogP contribution in [0.2, 0.25) is 0 Å². The standard InChI is InChI=1S/C29H35N7S2/c1-35-11-9-20(10-12-35)37-29-33-25-13-17(21-3-2-4-22-24(14-30)27(31)38-26(21)22)5-8-23(25)28(34-29)36-15-18-6-7-19(16-36)32-18/h2-4,17-20,32H,5-13,15-16,31H2,1H3. The zero-order valence-electron chi connectivity index (χ0n) is 21.9. The fourth-order valence-corrected chi connectivity index (χ4v) is 9.13. The molecule has 2 aromatic heterocycles. The van der Waals surface area contributed by atoms with Gasteiger partial charge in [-0.25, -0.2) is 9.97 Å². The van der Waals surface area contributed by atoms with Crippen molar-refractivity contribution in [2.75, 3.05) is 43.9 Å². The Balaban J connectivity index is 1.24. The fraction of sp³-hybridized carbons (Fsp3) is 0.552. The van der Waals surface area contributed by atoms with E-state index < -0.39 is 0 Å². The van der Waals surface area contributed by atoms with Crippen molar-refractivity contribution in [1.82, 2.24) is 20.2 Å². The molecular weight excluding hydrogens is 511 g/mol. The molecule has 4 aliphatic rings. The van der Waals surface area contributed by atoms with E-state index in [0.717, 1.165) is 56.0 Å². The third-order valence-corrected chi connectivity index (χ3v) is 11.3. The molecule has 0 saturated carbocycles. The Kier molecular flexibility index (Phi) is 6.47. The summed E-state index contributed by atoms with van der Waals surface area (Å²) in [6.07, 6.45) is 7.92. The average Bonchev–Trinajstić information content (AvgIpc) is 3.45. The van der Waals surface area contributed by atoms with Gasteiger partial charge in [-0.2, -0.15) is 5.26 Å². The van der Waals surface area contributed by atoms with Gasteiger partial charge in [0, 0.05) is 46.1 Å². The first kappa shape index (κ1) is 24.6. The zero-order chi connectivity index (χ0) is 25.8. The zero-order valence-corrected chi connectivity index (χ0v) is 23.6. The lowest BCUT2D eigenvalue weighted by Gasteiger charge is -2.37. The molecule has 198 valence electrons. The van der Waals surface area contributed by atoms with Crippen LogP contribution in [-0.4, -0.2) is 65.4 Å². The van der Waals surface area contributed by atoms with Crippen LogP contribution in [0.1, 0.15) is 60.4 Å². The Morgan fingerprint density at radius 3 is 2.66 bits per heavy atom. The second-order valence-corrected chi connectivity index (χ2v) is 13.9. The monoisotopic (exact) mass is 545 g/mol. The molecule has 3 atom stereocenters. The number of likely N-dealkylation sites (tertiary alicyclic amines) is 1. The summed E-state index contributed by atoms with van der Waals surface area (Å²) in [4.78, 5) is 15.5. The lowest BCUT2D eigenvalue weighted by molar-refractivity contribution is 0.282. The molecule has 3 saturated heterocycles. The summed E-state index contributed by atoms with van der Waals surface area (Å²) >= 11 is 3.46. The van der Waals surface area contributed by atoms with E-state index in [1.807, 2.05) is 17.8 Å². The Bertz CT molecular complexity index is 1390. The Hall–Kier alpha value is -2.38. The second-order valence-electron chi connectivity index (χ2n) is 11.5. The number of hydrogen-bond donors (Lipinski definition) is 2. The topological polar surface area (TPSA) is 94.1 Å². The number of piperidine rings is 1. The number of nitrogens with zero attached hydrogens (tertiary/aromatic N) is 5. The average molecular weight is 546 g/mol. The molecule has 2 bridgehead atoms. The van der Waals surface area contributed by atoms with Crippen LogP contribution in [0.25, 0.3) is 10.1 Å². The smallest absolute Gasteiger partial charge is 0.190 e. The summed E-state index contributed by atoms with van der Waals surface area (Å²) in [6, 6.07) is 9.84. The number of hydrogen-bond acceptors (Lipinski definition) is 9. The highest BCUT2D eigenvalue weighted by molar-refractivity contribution is 7.99. The van der Waals surface area contributed by atoms with Gasteiger partial charge < -0.3 is 20.9 Å². The number of fused-ring (bicyclic) bond motifs is 4. The molecule has 0 spiro atoms. The Labute approximate surface area is 232 Å². The molecule has 7 rings (SSSR count). The van der Waals surface area contributed by atoms with Crippen molar-refractivity contribution in [3.63, 3.8) is 0 Å². The van der Waals surface area contributed by atoms with Gasteiger partial charge in [0.1, 0.15) is 16.9 Å². The van der Waals surface area contributed by atoms with Crippen LogP contribution in [0.3, 0.4) is 0 Å².